The van der Waals surface area contributed by atoms with Crippen molar-refractivity contribution in [3.8, 4) is 23.0 Å². The molecule has 0 saturated heterocycles. The van der Waals surface area contributed by atoms with Gasteiger partial charge in [0.2, 0.25) is 0 Å². The monoisotopic (exact) mass is 1890 g/mol. The highest BCUT2D eigenvalue weighted by atomic mass is 32.2. The molecular weight excluding hydrogens is 1710 g/mol. The number of nitrogens with zero attached hydrogens (tertiary/aromatic N) is 2. The molecule has 0 unspecified atom stereocenters. The zero-order chi connectivity index (χ0) is 89.6. The molecule has 126 heavy (non-hydrogen) atoms. The summed E-state index contributed by atoms with van der Waals surface area (Å²) < 4.78 is 42.4. The normalized spacial score (nSPS) is 13.0. The zero-order valence-corrected chi connectivity index (χ0v) is 88.2. The summed E-state index contributed by atoms with van der Waals surface area (Å²) in [5.41, 5.74) is -1.22. The van der Waals surface area contributed by atoms with Crippen LogP contribution in [0.25, 0.3) is 40.3 Å². The molecule has 6 heterocycles. The van der Waals surface area contributed by atoms with Crippen molar-refractivity contribution in [2.24, 2.45) is 37.8 Å². The van der Waals surface area contributed by atoms with E-state index in [1.807, 2.05) is 47.0 Å². The van der Waals surface area contributed by atoms with Gasteiger partial charge in [0.15, 0.2) is 23.0 Å². The molecule has 2 aliphatic rings. The first kappa shape index (κ1) is 109. The smallest absolute Gasteiger partial charge is 0.265 e. The molecule has 4 aromatic heterocycles. The highest BCUT2D eigenvalue weighted by molar-refractivity contribution is 8.32. The van der Waals surface area contributed by atoms with Crippen LogP contribution in [0.1, 0.15) is 492 Å². The average molecular weight is 1890 g/mol. The SMILES string of the molecule is CCCCCCCCCC(CCCCCCCCC)CCOc1c2sc3c(sc2c(OCCC(CCCCCCCCC)CCCCCCCCC)c2c(=O)n(C)c(=O)c12)SC(=C1Sc2sc4c(OCCC(CCCCCCCCC)CCCCCCCCC)c5c(=O)n(C)c(=O)c5c(OCCC(CCCCCCCCC)CCCCCCCCC)c4sc2S1)S3. The Morgan fingerprint density at radius 3 is 0.500 bits per heavy atom. The van der Waals surface area contributed by atoms with E-state index in [-0.39, 0.29) is 22.2 Å². The molecule has 2 aliphatic heterocycles. The maximum absolute atomic E-state index is 15.1. The summed E-state index contributed by atoms with van der Waals surface area (Å²) >= 11 is 14.1. The first-order valence-electron chi connectivity index (χ1n) is 53.1. The molecule has 8 rings (SSSR count). The molecule has 0 aliphatic carbocycles. The number of ether oxygens (including phenoxy) is 4. The number of benzene rings is 2. The van der Waals surface area contributed by atoms with Crippen LogP contribution >= 0.6 is 92.4 Å². The molecule has 716 valence electrons. The topological polar surface area (TPSA) is 115 Å². The molecule has 2 aromatic carbocycles. The van der Waals surface area contributed by atoms with Crippen molar-refractivity contribution in [3.63, 3.8) is 0 Å². The average Bonchev–Trinajstić information content (AvgIpc) is 1.56. The largest absolute Gasteiger partial charge is 0.491 e. The van der Waals surface area contributed by atoms with E-state index in [0.29, 0.717) is 94.6 Å². The van der Waals surface area contributed by atoms with Crippen LogP contribution in [0.5, 0.6) is 23.0 Å². The first-order chi connectivity index (χ1) is 61.9. The van der Waals surface area contributed by atoms with E-state index < -0.39 is 0 Å². The van der Waals surface area contributed by atoms with Gasteiger partial charge in [0.05, 0.1) is 70.5 Å². The Balaban J connectivity index is 1.17. The Kier molecular flexibility index (Phi) is 56.9. The Labute approximate surface area is 800 Å². The lowest BCUT2D eigenvalue weighted by Gasteiger charge is -2.20. The third-order valence-electron chi connectivity index (χ3n) is 27.6. The molecule has 0 atom stereocenters. The second-order valence-corrected chi connectivity index (χ2v) is 48.0. The van der Waals surface area contributed by atoms with Gasteiger partial charge in [-0.05, 0) is 49.4 Å². The quantitative estimate of drug-likeness (QED) is 0.0339. The molecule has 0 fully saturated rings. The predicted molar refractivity (Wildman–Crippen MR) is 563 cm³/mol. The molecule has 0 bridgehead atoms. The van der Waals surface area contributed by atoms with E-state index in [2.05, 4.69) is 55.4 Å². The standard InChI is InChI=1S/C108H178N2O8S8/c1-11-19-27-35-43-51-59-67-83(68-60-52-44-36-28-20-12-2)75-79-115-91-87-88(100(112)109(9)99(87)111)92(116-80-76-84(69-61-53-45-37-29-21-13-3)70-62-54-46-38-30-22-14-4)96-95(91)119-103-104(120-96)124-107(123-103)108-125-105-106(126-108)122-98-94(118-82-78-86(73-65-57-49-41-33-25-17-7)74-66-58-50-42-34-26-18-8)90-89(101(113)110(10)102(90)114)93(97(98)121-105)117-81-77-85(71-63-55-47-39-31-23-15-5)72-64-56-48-40-32-24-16-6/h83-86H,11-82H2,1-10H3. The van der Waals surface area contributed by atoms with E-state index in [0.717, 1.165) is 61.3 Å². The summed E-state index contributed by atoms with van der Waals surface area (Å²) in [5.74, 6) is 4.33. The fourth-order valence-corrected chi connectivity index (χ4v) is 31.7. The molecule has 0 radical (unpaired) electrons. The van der Waals surface area contributed by atoms with Crippen LogP contribution in [-0.2, 0) is 14.1 Å². The third-order valence-corrected chi connectivity index (χ3v) is 39.4. The summed E-state index contributed by atoms with van der Waals surface area (Å²) in [4.78, 5) is 60.3. The fraction of sp³-hybridized carbons (Fsp3) is 0.796. The van der Waals surface area contributed by atoms with Crippen molar-refractivity contribution in [3.05, 3.63) is 49.9 Å². The molecule has 0 amide bonds. The number of hydrogen-bond acceptors (Lipinski definition) is 16. The van der Waals surface area contributed by atoms with Crippen molar-refractivity contribution >= 4 is 133 Å². The van der Waals surface area contributed by atoms with E-state index in [4.69, 9.17) is 18.9 Å². The Morgan fingerprint density at radius 2 is 0.349 bits per heavy atom. The molecular formula is C108H178N2O8S8. The highest BCUT2D eigenvalue weighted by Crippen LogP contribution is 2.67. The van der Waals surface area contributed by atoms with Crippen molar-refractivity contribution in [1.82, 2.24) is 9.13 Å². The van der Waals surface area contributed by atoms with Gasteiger partial charge >= 0.3 is 0 Å². The van der Waals surface area contributed by atoms with Crippen molar-refractivity contribution in [1.29, 1.82) is 0 Å². The lowest BCUT2D eigenvalue weighted by Crippen LogP contribution is -2.21. The minimum Gasteiger partial charge on any atom is -0.491 e. The van der Waals surface area contributed by atoms with E-state index >= 15 is 19.2 Å². The van der Waals surface area contributed by atoms with Crippen molar-refractivity contribution < 1.29 is 18.9 Å². The first-order valence-corrected chi connectivity index (χ1v) is 59.7. The lowest BCUT2D eigenvalue weighted by molar-refractivity contribution is 0.261. The van der Waals surface area contributed by atoms with Crippen LogP contribution in [0.2, 0.25) is 0 Å². The summed E-state index contributed by atoms with van der Waals surface area (Å²) in [7, 11) is 3.29. The molecule has 0 spiro atoms. The summed E-state index contributed by atoms with van der Waals surface area (Å²) in [6.07, 6.45) is 85.7. The maximum atomic E-state index is 15.1. The van der Waals surface area contributed by atoms with Gasteiger partial charge in [0.1, 0.15) is 21.5 Å². The van der Waals surface area contributed by atoms with Gasteiger partial charge in [-0.3, -0.25) is 28.3 Å². The van der Waals surface area contributed by atoms with E-state index in [1.165, 1.54) is 429 Å². The summed E-state index contributed by atoms with van der Waals surface area (Å²) in [6, 6.07) is 0. The van der Waals surface area contributed by atoms with Gasteiger partial charge in [-0.1, -0.05) is 513 Å². The minimum atomic E-state index is -0.305. The number of aromatic nitrogens is 2. The van der Waals surface area contributed by atoms with Crippen LogP contribution in [0.3, 0.4) is 0 Å². The van der Waals surface area contributed by atoms with Gasteiger partial charge in [0, 0.05) is 14.1 Å². The van der Waals surface area contributed by atoms with E-state index in [9.17, 15) is 0 Å². The zero-order valence-electron chi connectivity index (χ0n) is 81.6. The second-order valence-electron chi connectivity index (χ2n) is 38.3. The Bertz CT molecular complexity index is 3650. The predicted octanol–water partition coefficient (Wildman–Crippen LogP) is 37.6. The van der Waals surface area contributed by atoms with Crippen LogP contribution in [0.4, 0.5) is 0 Å². The van der Waals surface area contributed by atoms with Crippen molar-refractivity contribution in [2.45, 2.75) is 509 Å². The highest BCUT2D eigenvalue weighted by Gasteiger charge is 2.36. The van der Waals surface area contributed by atoms with Gasteiger partial charge in [0.25, 0.3) is 22.2 Å². The molecule has 6 aromatic rings. The van der Waals surface area contributed by atoms with Crippen LogP contribution < -0.4 is 41.2 Å². The van der Waals surface area contributed by atoms with E-state index in [1.54, 1.807) is 59.4 Å². The number of rotatable bonds is 80. The van der Waals surface area contributed by atoms with Gasteiger partial charge in [-0.2, -0.15) is 0 Å². The van der Waals surface area contributed by atoms with Crippen molar-refractivity contribution in [2.75, 3.05) is 26.4 Å². The third kappa shape index (κ3) is 37.2. The number of unbranched alkanes of at least 4 members (excludes halogenated alkanes) is 48. The van der Waals surface area contributed by atoms with Gasteiger partial charge in [-0.25, -0.2) is 0 Å². The van der Waals surface area contributed by atoms with Gasteiger partial charge in [-0.15, -0.1) is 45.3 Å². The minimum absolute atomic E-state index is 0.305. The Hall–Kier alpha value is -2.58. The van der Waals surface area contributed by atoms with Crippen LogP contribution in [-0.4, -0.2) is 35.6 Å². The molecule has 0 saturated carbocycles. The molecule has 10 nitrogen and oxygen atoms in total. The maximum Gasteiger partial charge on any atom is 0.265 e. The number of hydrogen-bond donors (Lipinski definition) is 0. The number of thioether (sulfide) groups is 4. The number of fused-ring (bicyclic) bond motifs is 6. The molecule has 18 heteroatoms. The molecule has 0 N–H and O–H groups in total. The van der Waals surface area contributed by atoms with Gasteiger partial charge < -0.3 is 18.9 Å². The van der Waals surface area contributed by atoms with Crippen LogP contribution in [0, 0.1) is 23.7 Å². The second kappa shape index (κ2) is 66.0. The Morgan fingerprint density at radius 1 is 0.206 bits per heavy atom. The summed E-state index contributed by atoms with van der Waals surface area (Å²) in [6.45, 7) is 20.3. The fourth-order valence-electron chi connectivity index (χ4n) is 19.4. The van der Waals surface area contributed by atoms with Crippen LogP contribution in [0.15, 0.2) is 44.5 Å². The summed E-state index contributed by atoms with van der Waals surface area (Å²) in [5, 5.41) is 1.50. The lowest BCUT2D eigenvalue weighted by atomic mass is 9.91.